The summed E-state index contributed by atoms with van der Waals surface area (Å²) in [6, 6.07) is 11.0. The zero-order valence-electron chi connectivity index (χ0n) is 13.6. The highest BCUT2D eigenvalue weighted by Crippen LogP contribution is 2.29. The summed E-state index contributed by atoms with van der Waals surface area (Å²) in [7, 11) is -3.79. The van der Waals surface area contributed by atoms with Gasteiger partial charge in [-0.1, -0.05) is 24.3 Å². The Morgan fingerprint density at radius 2 is 1.70 bits per heavy atom. The molecule has 2 rings (SSSR count). The first-order valence-corrected chi connectivity index (χ1v) is 8.63. The van der Waals surface area contributed by atoms with Crippen LogP contribution in [0.5, 0.6) is 5.75 Å². The van der Waals surface area contributed by atoms with E-state index < -0.39 is 22.1 Å². The monoisotopic (exact) mass is 516 g/mol. The Bertz CT molecular complexity index is 903. The largest absolute Gasteiger partial charge is 0.573 e. The van der Waals surface area contributed by atoms with Crippen LogP contribution in [0.3, 0.4) is 0 Å². The van der Waals surface area contributed by atoms with Crippen LogP contribution < -0.4 is 20.9 Å². The number of aliphatic imine (C=N–C) groups is 1. The highest BCUT2D eigenvalue weighted by molar-refractivity contribution is 14.0. The minimum absolute atomic E-state index is 0. The number of para-hydroxylation sites is 2. The van der Waals surface area contributed by atoms with Crippen LogP contribution >= 0.6 is 24.0 Å². The predicted octanol–water partition coefficient (Wildman–Crippen LogP) is 2.78. The van der Waals surface area contributed by atoms with E-state index >= 15 is 0 Å². The van der Waals surface area contributed by atoms with E-state index in [2.05, 4.69) is 15.0 Å². The molecule has 0 atom stereocenters. The summed E-state index contributed by atoms with van der Waals surface area (Å²) in [6.45, 7) is 0.0754. The molecule has 0 amide bonds. The van der Waals surface area contributed by atoms with Crippen LogP contribution in [0.25, 0.3) is 0 Å². The second-order valence-electron chi connectivity index (χ2n) is 5.06. The van der Waals surface area contributed by atoms with Gasteiger partial charge in [-0.3, -0.25) is 0 Å². The average Bonchev–Trinajstić information content (AvgIpc) is 2.53. The number of halogens is 4. The lowest BCUT2D eigenvalue weighted by molar-refractivity contribution is -0.274. The molecule has 148 valence electrons. The predicted molar refractivity (Wildman–Crippen MR) is 105 cm³/mol. The number of nitrogens with zero attached hydrogens (tertiary/aromatic N) is 1. The fourth-order valence-corrected chi connectivity index (χ4v) is 2.44. The number of hydrogen-bond acceptors (Lipinski definition) is 4. The number of sulfonamides is 1. The number of benzene rings is 2. The van der Waals surface area contributed by atoms with E-state index in [0.717, 1.165) is 6.07 Å². The van der Waals surface area contributed by atoms with E-state index in [-0.39, 0.29) is 47.1 Å². The van der Waals surface area contributed by atoms with Crippen molar-refractivity contribution in [3.63, 3.8) is 0 Å². The van der Waals surface area contributed by atoms with Crippen LogP contribution in [-0.4, -0.2) is 20.7 Å². The molecule has 0 heterocycles. The van der Waals surface area contributed by atoms with Crippen LogP contribution in [0, 0.1) is 0 Å². The Kier molecular flexibility index (Phi) is 7.86. The summed E-state index contributed by atoms with van der Waals surface area (Å²) in [6.07, 6.45) is -4.84. The lowest BCUT2D eigenvalue weighted by Crippen LogP contribution is -2.24. The first-order valence-electron chi connectivity index (χ1n) is 7.08. The van der Waals surface area contributed by atoms with E-state index in [1.165, 1.54) is 42.5 Å². The molecule has 12 heteroatoms. The van der Waals surface area contributed by atoms with Crippen molar-refractivity contribution >= 4 is 45.6 Å². The van der Waals surface area contributed by atoms with Crippen LogP contribution in [0.2, 0.25) is 0 Å². The van der Waals surface area contributed by atoms with Crippen LogP contribution in [0.15, 0.2) is 58.4 Å². The van der Waals surface area contributed by atoms with Gasteiger partial charge in [-0.25, -0.2) is 18.5 Å². The van der Waals surface area contributed by atoms with Gasteiger partial charge in [-0.2, -0.15) is 0 Å². The molecule has 0 bridgehead atoms. The van der Waals surface area contributed by atoms with Gasteiger partial charge in [0.25, 0.3) is 0 Å². The summed E-state index contributed by atoms with van der Waals surface area (Å²) < 4.78 is 63.4. The molecule has 0 saturated heterocycles. The third-order valence-electron chi connectivity index (χ3n) is 3.06. The van der Waals surface area contributed by atoms with Gasteiger partial charge in [0, 0.05) is 0 Å². The summed E-state index contributed by atoms with van der Waals surface area (Å²) in [5.74, 6) is -0.589. The molecule has 2 aromatic carbocycles. The molecule has 5 N–H and O–H groups in total. The van der Waals surface area contributed by atoms with Crippen molar-refractivity contribution in [2.24, 2.45) is 15.9 Å². The molecule has 2 aromatic rings. The number of ether oxygens (including phenoxy) is 1. The Balaban J connectivity index is 0.00000364. The minimum Gasteiger partial charge on any atom is -0.404 e. The van der Waals surface area contributed by atoms with Crippen LogP contribution in [0.1, 0.15) is 5.56 Å². The maximum Gasteiger partial charge on any atom is 0.573 e. The molecule has 0 aliphatic heterocycles. The number of alkyl halides is 3. The fourth-order valence-electron chi connectivity index (χ4n) is 1.92. The number of primary sulfonamides is 1. The van der Waals surface area contributed by atoms with Crippen molar-refractivity contribution in [2.75, 3.05) is 5.32 Å². The summed E-state index contributed by atoms with van der Waals surface area (Å²) in [4.78, 5) is 3.94. The molecule has 7 nitrogen and oxygen atoms in total. The zero-order valence-corrected chi connectivity index (χ0v) is 16.7. The number of anilines is 1. The lowest BCUT2D eigenvalue weighted by atomic mass is 10.2. The molecule has 0 saturated carbocycles. The zero-order chi connectivity index (χ0) is 19.4. The third-order valence-corrected chi connectivity index (χ3v) is 3.99. The Morgan fingerprint density at radius 3 is 2.26 bits per heavy atom. The molecular weight excluding hydrogens is 500 g/mol. The van der Waals surface area contributed by atoms with Gasteiger partial charge in [0.15, 0.2) is 11.7 Å². The van der Waals surface area contributed by atoms with E-state index in [1.807, 2.05) is 0 Å². The molecular formula is C15H16F3IN4O3S. The van der Waals surface area contributed by atoms with Crippen molar-refractivity contribution in [1.82, 2.24) is 0 Å². The Hall–Kier alpha value is -2.06. The van der Waals surface area contributed by atoms with Gasteiger partial charge in [-0.15, -0.1) is 37.1 Å². The second kappa shape index (κ2) is 9.23. The number of guanidine groups is 1. The molecule has 0 spiro atoms. The van der Waals surface area contributed by atoms with Crippen molar-refractivity contribution in [2.45, 2.75) is 17.8 Å². The van der Waals surface area contributed by atoms with Gasteiger partial charge < -0.3 is 15.8 Å². The minimum atomic E-state index is -4.84. The van der Waals surface area contributed by atoms with E-state index in [4.69, 9.17) is 10.9 Å². The number of nitrogens with two attached hydrogens (primary N) is 2. The van der Waals surface area contributed by atoms with Gasteiger partial charge >= 0.3 is 6.36 Å². The Morgan fingerprint density at radius 1 is 1.11 bits per heavy atom. The fraction of sp³-hybridized carbons (Fsp3) is 0.133. The van der Waals surface area contributed by atoms with Crippen molar-refractivity contribution < 1.29 is 26.3 Å². The third kappa shape index (κ3) is 7.60. The maximum atomic E-state index is 12.4. The first-order chi connectivity index (χ1) is 12.0. The molecule has 0 fully saturated rings. The van der Waals surface area contributed by atoms with Gasteiger partial charge in [0.2, 0.25) is 10.0 Å². The standard InChI is InChI=1S/C15H15F3N4O3S.HI/c16-15(17,18)25-13-4-2-1-3-12(13)22-14(19)21-9-10-5-7-11(8-6-10)26(20,23)24;/h1-8H,9H2,(H3,19,21,22)(H2,20,23,24);1H. The SMILES string of the molecule is I.NC(=NCc1ccc(S(N)(=O)=O)cc1)Nc1ccccc1OC(F)(F)F. The average molecular weight is 516 g/mol. The van der Waals surface area contributed by atoms with Gasteiger partial charge in [0.05, 0.1) is 17.1 Å². The number of hydrogen-bond donors (Lipinski definition) is 3. The first kappa shape index (κ1) is 23.0. The second-order valence-corrected chi connectivity index (χ2v) is 6.62. The molecule has 0 unspecified atom stereocenters. The molecule has 0 aliphatic carbocycles. The maximum absolute atomic E-state index is 12.4. The molecule has 0 radical (unpaired) electrons. The van der Waals surface area contributed by atoms with Crippen LogP contribution in [-0.2, 0) is 16.6 Å². The topological polar surface area (TPSA) is 120 Å². The Labute approximate surface area is 170 Å². The summed E-state index contributed by atoms with van der Waals surface area (Å²) >= 11 is 0. The normalized spacial score (nSPS) is 12.2. The number of nitrogens with one attached hydrogen (secondary N) is 1. The van der Waals surface area contributed by atoms with Crippen LogP contribution in [0.4, 0.5) is 18.9 Å². The van der Waals surface area contributed by atoms with Crippen molar-refractivity contribution in [1.29, 1.82) is 0 Å². The molecule has 0 aliphatic rings. The molecule has 0 aromatic heterocycles. The quantitative estimate of drug-likeness (QED) is 0.321. The van der Waals surface area contributed by atoms with Gasteiger partial charge in [-0.05, 0) is 29.8 Å². The lowest BCUT2D eigenvalue weighted by Gasteiger charge is -2.14. The van der Waals surface area contributed by atoms with E-state index in [0.29, 0.717) is 5.56 Å². The van der Waals surface area contributed by atoms with Crippen molar-refractivity contribution in [3.8, 4) is 5.75 Å². The highest BCUT2D eigenvalue weighted by Gasteiger charge is 2.32. The smallest absolute Gasteiger partial charge is 0.404 e. The molecule has 27 heavy (non-hydrogen) atoms. The van der Waals surface area contributed by atoms with Crippen molar-refractivity contribution in [3.05, 3.63) is 54.1 Å². The van der Waals surface area contributed by atoms with E-state index in [1.54, 1.807) is 0 Å². The summed E-state index contributed by atoms with van der Waals surface area (Å²) in [5.41, 5.74) is 6.29. The van der Waals surface area contributed by atoms with E-state index in [9.17, 15) is 21.6 Å². The van der Waals surface area contributed by atoms with Gasteiger partial charge in [0.1, 0.15) is 0 Å². The number of rotatable bonds is 5. The summed E-state index contributed by atoms with van der Waals surface area (Å²) in [5, 5.41) is 7.52. The highest BCUT2D eigenvalue weighted by atomic mass is 127.